The minimum absolute atomic E-state index is 0.205. The standard InChI is InChI=1S/C21H39NO4/c1-2-3-4-5-11-14-17-20(22(25)26)18-15-12-9-7-6-8-10-13-16-19-21(23)24/h18H,2-17,19H2,1H3,(H,23,24). The Labute approximate surface area is 159 Å². The Morgan fingerprint density at radius 3 is 1.77 bits per heavy atom. The van der Waals surface area contributed by atoms with Gasteiger partial charge < -0.3 is 5.11 Å². The van der Waals surface area contributed by atoms with Crippen LogP contribution < -0.4 is 0 Å². The Morgan fingerprint density at radius 1 is 0.808 bits per heavy atom. The molecule has 5 heteroatoms. The third-order valence-corrected chi connectivity index (χ3v) is 4.75. The molecule has 0 bridgehead atoms. The normalized spacial score (nSPS) is 11.7. The maximum atomic E-state index is 11.1. The van der Waals surface area contributed by atoms with Crippen LogP contribution in [0.4, 0.5) is 0 Å². The molecule has 26 heavy (non-hydrogen) atoms. The Hall–Kier alpha value is -1.39. The summed E-state index contributed by atoms with van der Waals surface area (Å²) in [5.41, 5.74) is 0.402. The molecule has 0 saturated carbocycles. The first-order valence-corrected chi connectivity index (χ1v) is 10.6. The number of carboxylic acids is 1. The van der Waals surface area contributed by atoms with Gasteiger partial charge in [-0.25, -0.2) is 0 Å². The van der Waals surface area contributed by atoms with Crippen molar-refractivity contribution in [1.29, 1.82) is 0 Å². The minimum atomic E-state index is -0.705. The number of nitro groups is 1. The summed E-state index contributed by atoms with van der Waals surface area (Å²) < 4.78 is 0. The van der Waals surface area contributed by atoms with Crippen molar-refractivity contribution in [2.24, 2.45) is 0 Å². The number of allylic oxidation sites excluding steroid dienone is 2. The lowest BCUT2D eigenvalue weighted by Gasteiger charge is -2.02. The van der Waals surface area contributed by atoms with Crippen LogP contribution in [0.25, 0.3) is 0 Å². The van der Waals surface area contributed by atoms with Crippen molar-refractivity contribution in [3.63, 3.8) is 0 Å². The average Bonchev–Trinajstić information content (AvgIpc) is 2.60. The molecule has 0 fully saturated rings. The summed E-state index contributed by atoms with van der Waals surface area (Å²) in [7, 11) is 0. The summed E-state index contributed by atoms with van der Waals surface area (Å²) in [6.45, 7) is 2.19. The first-order valence-electron chi connectivity index (χ1n) is 10.6. The third-order valence-electron chi connectivity index (χ3n) is 4.75. The van der Waals surface area contributed by atoms with E-state index in [0.717, 1.165) is 64.2 Å². The van der Waals surface area contributed by atoms with Crippen LogP contribution in [0, 0.1) is 10.1 Å². The van der Waals surface area contributed by atoms with Crippen LogP contribution in [0.2, 0.25) is 0 Å². The second kappa shape index (κ2) is 18.4. The minimum Gasteiger partial charge on any atom is -0.481 e. The van der Waals surface area contributed by atoms with Crippen LogP contribution in [0.15, 0.2) is 11.8 Å². The van der Waals surface area contributed by atoms with Crippen molar-refractivity contribution < 1.29 is 14.8 Å². The molecule has 0 aliphatic carbocycles. The fourth-order valence-corrected chi connectivity index (χ4v) is 3.10. The number of rotatable bonds is 19. The molecule has 0 saturated heterocycles. The smallest absolute Gasteiger partial charge is 0.303 e. The molecule has 0 aromatic heterocycles. The van der Waals surface area contributed by atoms with Crippen LogP contribution in [0.1, 0.15) is 116 Å². The fraction of sp³-hybridized carbons (Fsp3) is 0.857. The molecule has 0 rings (SSSR count). The third kappa shape index (κ3) is 17.4. The van der Waals surface area contributed by atoms with E-state index in [2.05, 4.69) is 6.92 Å². The zero-order valence-corrected chi connectivity index (χ0v) is 16.7. The van der Waals surface area contributed by atoms with E-state index in [9.17, 15) is 14.9 Å². The van der Waals surface area contributed by atoms with Gasteiger partial charge in [-0.2, -0.15) is 0 Å². The molecule has 0 heterocycles. The van der Waals surface area contributed by atoms with E-state index in [4.69, 9.17) is 5.11 Å². The maximum absolute atomic E-state index is 11.1. The fourth-order valence-electron chi connectivity index (χ4n) is 3.10. The lowest BCUT2D eigenvalue weighted by molar-refractivity contribution is -0.428. The lowest BCUT2D eigenvalue weighted by Crippen LogP contribution is -1.99. The molecule has 152 valence electrons. The highest BCUT2D eigenvalue weighted by atomic mass is 16.6. The molecule has 0 radical (unpaired) electrons. The molecule has 0 spiro atoms. The van der Waals surface area contributed by atoms with Crippen LogP contribution in [-0.2, 0) is 4.79 Å². The summed E-state index contributed by atoms with van der Waals surface area (Å²) in [4.78, 5) is 21.3. The number of carboxylic acid groups (broad SMARTS) is 1. The monoisotopic (exact) mass is 369 g/mol. The molecule has 0 aliphatic heterocycles. The second-order valence-electron chi connectivity index (χ2n) is 7.23. The number of hydrogen-bond acceptors (Lipinski definition) is 3. The molecule has 0 aliphatic rings. The van der Waals surface area contributed by atoms with E-state index in [0.29, 0.717) is 12.1 Å². The van der Waals surface area contributed by atoms with E-state index in [1.54, 1.807) is 0 Å². The number of nitrogens with zero attached hydrogens (tertiary/aromatic N) is 1. The van der Waals surface area contributed by atoms with Crippen molar-refractivity contribution in [2.75, 3.05) is 0 Å². The van der Waals surface area contributed by atoms with Gasteiger partial charge in [-0.3, -0.25) is 14.9 Å². The van der Waals surface area contributed by atoms with E-state index < -0.39 is 5.97 Å². The van der Waals surface area contributed by atoms with E-state index in [1.165, 1.54) is 32.1 Å². The SMILES string of the molecule is CCCCCCCCC(=CCCCCCCCCCCC(=O)O)[N+](=O)[O-]. The van der Waals surface area contributed by atoms with Crippen LogP contribution in [0.3, 0.4) is 0 Å². The van der Waals surface area contributed by atoms with Crippen LogP contribution >= 0.6 is 0 Å². The van der Waals surface area contributed by atoms with Gasteiger partial charge in [0.1, 0.15) is 0 Å². The first kappa shape index (κ1) is 24.6. The highest BCUT2D eigenvalue weighted by Gasteiger charge is 2.09. The zero-order chi connectivity index (χ0) is 19.5. The molecule has 0 amide bonds. The molecule has 0 unspecified atom stereocenters. The maximum Gasteiger partial charge on any atom is 0.303 e. The summed E-state index contributed by atoms with van der Waals surface area (Å²) >= 11 is 0. The number of carbonyl (C=O) groups is 1. The van der Waals surface area contributed by atoms with Gasteiger partial charge in [-0.05, 0) is 31.8 Å². The highest BCUT2D eigenvalue weighted by molar-refractivity contribution is 5.66. The molecular formula is C21H39NO4. The number of aliphatic carboxylic acids is 1. The average molecular weight is 370 g/mol. The predicted molar refractivity (Wildman–Crippen MR) is 107 cm³/mol. The van der Waals surface area contributed by atoms with Gasteiger partial charge in [0.05, 0.1) is 4.92 Å². The number of unbranched alkanes of at least 4 members (excludes halogenated alkanes) is 13. The Morgan fingerprint density at radius 2 is 1.27 bits per heavy atom. The quantitative estimate of drug-likeness (QED) is 0.153. The lowest BCUT2D eigenvalue weighted by atomic mass is 10.1. The Kier molecular flexibility index (Phi) is 17.4. The highest BCUT2D eigenvalue weighted by Crippen LogP contribution is 2.15. The first-order chi connectivity index (χ1) is 12.6. The number of hydrogen-bond donors (Lipinski definition) is 1. The molecule has 0 aromatic carbocycles. The zero-order valence-electron chi connectivity index (χ0n) is 16.7. The molecule has 0 aromatic rings. The summed E-state index contributed by atoms with van der Waals surface area (Å²) in [6.07, 6.45) is 19.0. The van der Waals surface area contributed by atoms with E-state index >= 15 is 0 Å². The molecular weight excluding hydrogens is 330 g/mol. The van der Waals surface area contributed by atoms with Gasteiger partial charge in [0.2, 0.25) is 5.70 Å². The van der Waals surface area contributed by atoms with Gasteiger partial charge in [-0.15, -0.1) is 0 Å². The van der Waals surface area contributed by atoms with E-state index in [-0.39, 0.29) is 11.3 Å². The van der Waals surface area contributed by atoms with Crippen molar-refractivity contribution in [3.05, 3.63) is 21.9 Å². The van der Waals surface area contributed by atoms with Gasteiger partial charge in [0.15, 0.2) is 0 Å². The van der Waals surface area contributed by atoms with Gasteiger partial charge in [0, 0.05) is 12.8 Å². The predicted octanol–water partition coefficient (Wildman–Crippen LogP) is 6.88. The van der Waals surface area contributed by atoms with Crippen molar-refractivity contribution in [1.82, 2.24) is 0 Å². The van der Waals surface area contributed by atoms with Crippen molar-refractivity contribution >= 4 is 5.97 Å². The topological polar surface area (TPSA) is 80.4 Å². The van der Waals surface area contributed by atoms with E-state index in [1.807, 2.05) is 6.08 Å². The summed E-state index contributed by atoms with van der Waals surface area (Å²) in [5.74, 6) is -0.705. The van der Waals surface area contributed by atoms with Gasteiger partial charge in [-0.1, -0.05) is 77.6 Å². The van der Waals surface area contributed by atoms with Crippen LogP contribution in [-0.4, -0.2) is 16.0 Å². The largest absolute Gasteiger partial charge is 0.481 e. The van der Waals surface area contributed by atoms with Gasteiger partial charge >= 0.3 is 5.97 Å². The Bertz CT molecular complexity index is 393. The van der Waals surface area contributed by atoms with Crippen molar-refractivity contribution in [3.8, 4) is 0 Å². The molecule has 5 nitrogen and oxygen atoms in total. The molecule has 0 atom stereocenters. The van der Waals surface area contributed by atoms with Gasteiger partial charge in [0.25, 0.3) is 0 Å². The Balaban J connectivity index is 3.59. The van der Waals surface area contributed by atoms with Crippen molar-refractivity contribution in [2.45, 2.75) is 116 Å². The molecule has 1 N–H and O–H groups in total. The summed E-state index contributed by atoms with van der Waals surface area (Å²) in [5, 5.41) is 19.7. The summed E-state index contributed by atoms with van der Waals surface area (Å²) in [6, 6.07) is 0. The van der Waals surface area contributed by atoms with Crippen LogP contribution in [0.5, 0.6) is 0 Å². The second-order valence-corrected chi connectivity index (χ2v) is 7.23.